The zero-order valence-corrected chi connectivity index (χ0v) is 22.1. The van der Waals surface area contributed by atoms with Gasteiger partial charge in [-0.15, -0.1) is 0 Å². The number of amides is 1. The van der Waals surface area contributed by atoms with Gasteiger partial charge in [0.05, 0.1) is 11.7 Å². The highest BCUT2D eigenvalue weighted by atomic mass is 16.6. The zero-order valence-electron chi connectivity index (χ0n) is 22.1. The molecule has 1 amide bonds. The summed E-state index contributed by atoms with van der Waals surface area (Å²) in [5.74, 6) is 0.713. The summed E-state index contributed by atoms with van der Waals surface area (Å²) in [4.78, 5) is 29.1. The second kappa shape index (κ2) is 10.3. The van der Waals surface area contributed by atoms with Crippen LogP contribution in [0.5, 0.6) is 5.75 Å². The molecule has 0 spiro atoms. The predicted molar refractivity (Wildman–Crippen MR) is 148 cm³/mol. The van der Waals surface area contributed by atoms with E-state index in [-0.39, 0.29) is 41.9 Å². The van der Waals surface area contributed by atoms with Crippen LogP contribution in [0.3, 0.4) is 0 Å². The van der Waals surface area contributed by atoms with Gasteiger partial charge in [-0.25, -0.2) is 4.79 Å². The SMILES string of the molecule is CC(C)Oc1ccccc1C(=O)C1CC2CCCC(C1)N2C(=O)OCC1c2ccccc2-c2ccccc21. The highest BCUT2D eigenvalue weighted by Gasteiger charge is 2.44. The maximum absolute atomic E-state index is 13.6. The van der Waals surface area contributed by atoms with Crippen molar-refractivity contribution in [2.75, 3.05) is 6.61 Å². The van der Waals surface area contributed by atoms with Gasteiger partial charge in [0.1, 0.15) is 12.4 Å². The first-order valence-electron chi connectivity index (χ1n) is 13.9. The normalized spacial score (nSPS) is 22.1. The van der Waals surface area contributed by atoms with E-state index in [1.54, 1.807) is 0 Å². The lowest BCUT2D eigenvalue weighted by atomic mass is 9.75. The molecule has 0 N–H and O–H groups in total. The lowest BCUT2D eigenvalue weighted by molar-refractivity contribution is 0.00641. The summed E-state index contributed by atoms with van der Waals surface area (Å²) in [7, 11) is 0. The third kappa shape index (κ3) is 4.48. The molecule has 0 radical (unpaired) electrons. The summed E-state index contributed by atoms with van der Waals surface area (Å²) >= 11 is 0. The Kier molecular flexibility index (Phi) is 6.69. The van der Waals surface area contributed by atoms with Crippen LogP contribution in [0.1, 0.15) is 73.4 Å². The molecule has 6 rings (SSSR count). The summed E-state index contributed by atoms with van der Waals surface area (Å²) in [6.45, 7) is 4.27. The van der Waals surface area contributed by atoms with Crippen molar-refractivity contribution in [3.8, 4) is 16.9 Å². The van der Waals surface area contributed by atoms with Crippen molar-refractivity contribution in [2.24, 2.45) is 5.92 Å². The highest BCUT2D eigenvalue weighted by Crippen LogP contribution is 2.45. The Labute approximate surface area is 224 Å². The number of hydrogen-bond acceptors (Lipinski definition) is 4. The molecule has 1 aliphatic carbocycles. The molecule has 2 atom stereocenters. The number of nitrogens with zero attached hydrogens (tertiary/aromatic N) is 1. The van der Waals surface area contributed by atoms with Crippen molar-refractivity contribution in [1.29, 1.82) is 0 Å². The number of fused-ring (bicyclic) bond motifs is 5. The van der Waals surface area contributed by atoms with Crippen LogP contribution in [-0.4, -0.2) is 41.6 Å². The first-order valence-corrected chi connectivity index (χ1v) is 13.9. The molecule has 0 aromatic heterocycles. The molecule has 2 bridgehead atoms. The molecule has 3 aliphatic rings. The van der Waals surface area contributed by atoms with E-state index in [0.29, 0.717) is 30.8 Å². The van der Waals surface area contributed by atoms with Gasteiger partial charge in [-0.05, 0) is 80.3 Å². The molecule has 2 saturated heterocycles. The molecule has 196 valence electrons. The van der Waals surface area contributed by atoms with Crippen molar-refractivity contribution in [3.63, 3.8) is 0 Å². The minimum absolute atomic E-state index is 0.00116. The molecule has 0 saturated carbocycles. The number of carbonyl (C=O) groups is 2. The largest absolute Gasteiger partial charge is 0.490 e. The van der Waals surface area contributed by atoms with Gasteiger partial charge < -0.3 is 14.4 Å². The van der Waals surface area contributed by atoms with Gasteiger partial charge in [0.15, 0.2) is 5.78 Å². The van der Waals surface area contributed by atoms with Crippen LogP contribution in [0.25, 0.3) is 11.1 Å². The molecule has 5 heteroatoms. The number of carbonyl (C=O) groups excluding carboxylic acids is 2. The number of para-hydroxylation sites is 1. The Morgan fingerprint density at radius 2 is 1.42 bits per heavy atom. The van der Waals surface area contributed by atoms with Crippen LogP contribution < -0.4 is 4.74 Å². The van der Waals surface area contributed by atoms with Gasteiger partial charge in [0.2, 0.25) is 0 Å². The summed E-state index contributed by atoms with van der Waals surface area (Å²) in [5, 5.41) is 0. The van der Waals surface area contributed by atoms with E-state index in [1.807, 2.05) is 43.0 Å². The maximum Gasteiger partial charge on any atom is 0.410 e. The lowest BCUT2D eigenvalue weighted by Crippen LogP contribution is -2.55. The molecule has 3 aromatic carbocycles. The van der Waals surface area contributed by atoms with Crippen molar-refractivity contribution in [2.45, 2.75) is 70.1 Å². The van der Waals surface area contributed by atoms with E-state index in [0.717, 1.165) is 19.3 Å². The maximum atomic E-state index is 13.6. The summed E-state index contributed by atoms with van der Waals surface area (Å²) < 4.78 is 12.0. The monoisotopic (exact) mass is 509 g/mol. The number of rotatable bonds is 6. The van der Waals surface area contributed by atoms with Crippen LogP contribution >= 0.6 is 0 Å². The quantitative estimate of drug-likeness (QED) is 0.329. The van der Waals surface area contributed by atoms with Crippen molar-refractivity contribution in [3.05, 3.63) is 89.5 Å². The Hall–Kier alpha value is -3.60. The fourth-order valence-corrected chi connectivity index (χ4v) is 6.81. The Balaban J connectivity index is 1.16. The number of ether oxygens (including phenoxy) is 2. The summed E-state index contributed by atoms with van der Waals surface area (Å²) in [5.41, 5.74) is 5.53. The standard InChI is InChI=1S/C33H35NO4/c1-21(2)38-31-17-8-7-16-29(31)32(35)22-18-23-10-9-11-24(19-22)34(23)33(36)37-20-30-27-14-5-3-12-25(27)26-13-4-6-15-28(26)30/h3-8,12-17,21-24,30H,9-11,18-20H2,1-2H3. The molecule has 2 fully saturated rings. The molecule has 3 aromatic rings. The first kappa shape index (κ1) is 24.7. The smallest absolute Gasteiger partial charge is 0.410 e. The molecule has 38 heavy (non-hydrogen) atoms. The average Bonchev–Trinajstić information content (AvgIpc) is 3.24. The first-order chi connectivity index (χ1) is 18.5. The van der Waals surface area contributed by atoms with Gasteiger partial charge in [-0.2, -0.15) is 0 Å². The molecule has 2 unspecified atom stereocenters. The van der Waals surface area contributed by atoms with E-state index in [4.69, 9.17) is 9.47 Å². The Morgan fingerprint density at radius 3 is 2.05 bits per heavy atom. The van der Waals surface area contributed by atoms with Crippen LogP contribution in [-0.2, 0) is 4.74 Å². The van der Waals surface area contributed by atoms with Gasteiger partial charge in [-0.3, -0.25) is 4.79 Å². The Bertz CT molecular complexity index is 1290. The van der Waals surface area contributed by atoms with E-state index in [2.05, 4.69) is 48.5 Å². The van der Waals surface area contributed by atoms with Gasteiger partial charge in [0.25, 0.3) is 0 Å². The Morgan fingerprint density at radius 1 is 0.842 bits per heavy atom. The second-order valence-electron chi connectivity index (χ2n) is 11.1. The molecule has 5 nitrogen and oxygen atoms in total. The number of piperidine rings is 2. The molecular formula is C33H35NO4. The average molecular weight is 510 g/mol. The fourth-order valence-electron chi connectivity index (χ4n) is 6.81. The van der Waals surface area contributed by atoms with E-state index in [9.17, 15) is 9.59 Å². The second-order valence-corrected chi connectivity index (χ2v) is 11.1. The van der Waals surface area contributed by atoms with Crippen LogP contribution in [0.4, 0.5) is 4.79 Å². The predicted octanol–water partition coefficient (Wildman–Crippen LogP) is 7.24. The molecule has 2 heterocycles. The fraction of sp³-hybridized carbons (Fsp3) is 0.394. The number of benzene rings is 3. The molecular weight excluding hydrogens is 474 g/mol. The third-order valence-corrected chi connectivity index (χ3v) is 8.41. The van der Waals surface area contributed by atoms with Crippen LogP contribution in [0.2, 0.25) is 0 Å². The van der Waals surface area contributed by atoms with Gasteiger partial charge in [0, 0.05) is 23.9 Å². The van der Waals surface area contributed by atoms with Crippen molar-refractivity contribution in [1.82, 2.24) is 4.90 Å². The minimum Gasteiger partial charge on any atom is -0.490 e. The van der Waals surface area contributed by atoms with E-state index in [1.165, 1.54) is 22.3 Å². The van der Waals surface area contributed by atoms with Gasteiger partial charge in [-0.1, -0.05) is 60.7 Å². The van der Waals surface area contributed by atoms with Crippen molar-refractivity contribution < 1.29 is 19.1 Å². The van der Waals surface area contributed by atoms with E-state index >= 15 is 0 Å². The van der Waals surface area contributed by atoms with E-state index < -0.39 is 0 Å². The molecule has 2 aliphatic heterocycles. The third-order valence-electron chi connectivity index (χ3n) is 8.41. The van der Waals surface area contributed by atoms with Gasteiger partial charge >= 0.3 is 6.09 Å². The number of Topliss-reactive ketones (excluding diaryl/α,β-unsaturated/α-hetero) is 1. The summed E-state index contributed by atoms with van der Waals surface area (Å²) in [6, 6.07) is 24.4. The zero-order chi connectivity index (χ0) is 26.2. The number of ketones is 1. The highest BCUT2D eigenvalue weighted by molar-refractivity contribution is 6.00. The lowest BCUT2D eigenvalue weighted by Gasteiger charge is -2.47. The van der Waals surface area contributed by atoms with Crippen LogP contribution in [0, 0.1) is 5.92 Å². The van der Waals surface area contributed by atoms with Crippen LogP contribution in [0.15, 0.2) is 72.8 Å². The summed E-state index contributed by atoms with van der Waals surface area (Å²) in [6.07, 6.45) is 4.01. The number of hydrogen-bond donors (Lipinski definition) is 0. The topological polar surface area (TPSA) is 55.8 Å². The minimum atomic E-state index is -0.240. The van der Waals surface area contributed by atoms with Crippen molar-refractivity contribution >= 4 is 11.9 Å².